The Labute approximate surface area is 140 Å². The number of ether oxygens (including phenoxy) is 1. The maximum Gasteiger partial charge on any atom is 0.321 e. The predicted octanol–water partition coefficient (Wildman–Crippen LogP) is 2.27. The van der Waals surface area contributed by atoms with E-state index in [9.17, 15) is 4.79 Å². The molecule has 0 saturated carbocycles. The van der Waals surface area contributed by atoms with Crippen molar-refractivity contribution in [2.75, 3.05) is 18.4 Å². The average Bonchev–Trinajstić information content (AvgIpc) is 3.06. The first-order valence-corrected chi connectivity index (χ1v) is 8.25. The lowest BCUT2D eigenvalue weighted by Crippen LogP contribution is -2.51. The Morgan fingerprint density at radius 3 is 3.12 bits per heavy atom. The number of aromatic nitrogens is 3. The number of nitrogens with zero attached hydrogens (tertiary/aromatic N) is 4. The number of amides is 2. The molecule has 1 saturated heterocycles. The molecule has 7 nitrogen and oxygen atoms in total. The summed E-state index contributed by atoms with van der Waals surface area (Å²) in [6.07, 6.45) is 2.54. The van der Waals surface area contributed by atoms with Crippen LogP contribution in [0.4, 0.5) is 10.5 Å². The number of piperidine rings is 1. The molecule has 4 rings (SSSR count). The number of anilines is 1. The molecule has 0 radical (unpaired) electrons. The van der Waals surface area contributed by atoms with Crippen molar-refractivity contribution in [1.29, 1.82) is 0 Å². The Balaban J connectivity index is 1.45. The minimum absolute atomic E-state index is 0.0303. The fourth-order valence-corrected chi connectivity index (χ4v) is 3.44. The van der Waals surface area contributed by atoms with E-state index in [1.807, 2.05) is 41.6 Å². The zero-order valence-corrected chi connectivity index (χ0v) is 13.9. The molecule has 2 atom stereocenters. The molecule has 3 heterocycles. The van der Waals surface area contributed by atoms with Crippen molar-refractivity contribution in [2.24, 2.45) is 0 Å². The van der Waals surface area contributed by atoms with Gasteiger partial charge in [-0.15, -0.1) is 5.10 Å². The van der Waals surface area contributed by atoms with E-state index in [0.29, 0.717) is 19.7 Å². The lowest BCUT2D eigenvalue weighted by Gasteiger charge is -2.40. The summed E-state index contributed by atoms with van der Waals surface area (Å²) in [6, 6.07) is 6.16. The molecule has 1 fully saturated rings. The Bertz CT molecular complexity index is 772. The number of nitrogens with one attached hydrogen (secondary N) is 1. The number of hydrogen-bond donors (Lipinski definition) is 1. The number of carbonyl (C=O) groups is 1. The van der Waals surface area contributed by atoms with E-state index in [4.69, 9.17) is 4.74 Å². The van der Waals surface area contributed by atoms with Gasteiger partial charge in [-0.05, 0) is 37.5 Å². The van der Waals surface area contributed by atoms with E-state index < -0.39 is 0 Å². The number of likely N-dealkylation sites (tertiary alicyclic amines) is 1. The Kier molecular flexibility index (Phi) is 3.72. The van der Waals surface area contributed by atoms with E-state index >= 15 is 0 Å². The zero-order chi connectivity index (χ0) is 16.7. The lowest BCUT2D eigenvalue weighted by molar-refractivity contribution is -0.0595. The number of rotatable bonds is 1. The van der Waals surface area contributed by atoms with Gasteiger partial charge >= 0.3 is 6.03 Å². The summed E-state index contributed by atoms with van der Waals surface area (Å²) in [5.74, 6) is 0. The van der Waals surface area contributed by atoms with Crippen LogP contribution in [0.15, 0.2) is 24.4 Å². The molecular weight excluding hydrogens is 306 g/mol. The zero-order valence-electron chi connectivity index (χ0n) is 13.9. The highest BCUT2D eigenvalue weighted by Gasteiger charge is 2.37. The third kappa shape index (κ3) is 2.65. The first-order chi connectivity index (χ1) is 11.6. The predicted molar refractivity (Wildman–Crippen MR) is 88.8 cm³/mol. The van der Waals surface area contributed by atoms with E-state index in [-0.39, 0.29) is 18.2 Å². The van der Waals surface area contributed by atoms with Crippen molar-refractivity contribution in [3.63, 3.8) is 0 Å². The largest absolute Gasteiger partial charge is 0.368 e. The van der Waals surface area contributed by atoms with Gasteiger partial charge in [0.1, 0.15) is 0 Å². The van der Waals surface area contributed by atoms with Crippen molar-refractivity contribution < 1.29 is 9.53 Å². The van der Waals surface area contributed by atoms with Gasteiger partial charge in [-0.25, -0.2) is 9.48 Å². The highest BCUT2D eigenvalue weighted by molar-refractivity contribution is 5.90. The van der Waals surface area contributed by atoms with Crippen LogP contribution in [0.1, 0.15) is 29.3 Å². The Morgan fingerprint density at radius 2 is 2.25 bits per heavy atom. The molecule has 2 aromatic rings. The molecule has 2 amide bonds. The van der Waals surface area contributed by atoms with E-state index in [1.54, 1.807) is 6.20 Å². The second kappa shape index (κ2) is 5.90. The molecule has 0 aliphatic carbocycles. The molecule has 0 bridgehead atoms. The van der Waals surface area contributed by atoms with Crippen LogP contribution < -0.4 is 5.32 Å². The number of urea groups is 1. The number of benzene rings is 1. The fraction of sp³-hybridized carbons (Fsp3) is 0.471. The summed E-state index contributed by atoms with van der Waals surface area (Å²) in [5.41, 5.74) is 4.06. The quantitative estimate of drug-likeness (QED) is 0.872. The molecule has 1 aromatic carbocycles. The summed E-state index contributed by atoms with van der Waals surface area (Å²) in [5, 5.41) is 11.2. The van der Waals surface area contributed by atoms with Gasteiger partial charge in [0, 0.05) is 12.2 Å². The standard InChI is InChI=1S/C17H21N5O2/c1-11-3-4-12(2)14(7-11)19-17(23)21-6-5-15-16(9-21)24-10-13-8-18-20-22(13)15/h3-4,7-8,15-16H,5-6,9-10H2,1-2H3,(H,19,23)/t15-,16-/m0/s1. The highest BCUT2D eigenvalue weighted by Crippen LogP contribution is 2.30. The summed E-state index contributed by atoms with van der Waals surface area (Å²) >= 11 is 0. The van der Waals surface area contributed by atoms with Crippen molar-refractivity contribution in [3.05, 3.63) is 41.2 Å². The van der Waals surface area contributed by atoms with Gasteiger partial charge in [0.25, 0.3) is 0 Å². The van der Waals surface area contributed by atoms with Crippen LogP contribution in [-0.2, 0) is 11.3 Å². The van der Waals surface area contributed by atoms with Gasteiger partial charge in [0.05, 0.1) is 37.2 Å². The van der Waals surface area contributed by atoms with Gasteiger partial charge in [0.15, 0.2) is 0 Å². The van der Waals surface area contributed by atoms with Crippen LogP contribution in [0.25, 0.3) is 0 Å². The average molecular weight is 327 g/mol. The molecule has 2 aliphatic rings. The fourth-order valence-electron chi connectivity index (χ4n) is 3.44. The van der Waals surface area contributed by atoms with Crippen LogP contribution in [0.2, 0.25) is 0 Å². The maximum absolute atomic E-state index is 12.6. The smallest absolute Gasteiger partial charge is 0.321 e. The molecule has 0 spiro atoms. The maximum atomic E-state index is 12.6. The third-order valence-electron chi connectivity index (χ3n) is 4.85. The van der Waals surface area contributed by atoms with E-state index in [0.717, 1.165) is 28.9 Å². The van der Waals surface area contributed by atoms with Gasteiger partial charge in [-0.1, -0.05) is 17.3 Å². The van der Waals surface area contributed by atoms with E-state index in [2.05, 4.69) is 15.6 Å². The van der Waals surface area contributed by atoms with Crippen LogP contribution in [-0.4, -0.2) is 45.1 Å². The lowest BCUT2D eigenvalue weighted by atomic mass is 10.0. The SMILES string of the molecule is Cc1ccc(C)c(NC(=O)N2CC[C@H]3[C@H](C2)OCc2cnnn23)c1. The highest BCUT2D eigenvalue weighted by atomic mass is 16.5. The second-order valence-corrected chi connectivity index (χ2v) is 6.57. The molecule has 7 heteroatoms. The number of hydrogen-bond acceptors (Lipinski definition) is 4. The van der Waals surface area contributed by atoms with Crippen molar-refractivity contribution in [3.8, 4) is 0 Å². The molecule has 1 aromatic heterocycles. The summed E-state index contributed by atoms with van der Waals surface area (Å²) < 4.78 is 7.87. The van der Waals surface area contributed by atoms with Gasteiger partial charge in [-0.3, -0.25) is 0 Å². The molecule has 0 unspecified atom stereocenters. The number of aryl methyl sites for hydroxylation is 2. The third-order valence-corrected chi connectivity index (χ3v) is 4.85. The van der Waals surface area contributed by atoms with Crippen molar-refractivity contribution in [2.45, 2.75) is 39.0 Å². The second-order valence-electron chi connectivity index (χ2n) is 6.57. The minimum atomic E-state index is -0.0739. The summed E-state index contributed by atoms with van der Waals surface area (Å²) in [4.78, 5) is 14.4. The minimum Gasteiger partial charge on any atom is -0.368 e. The van der Waals surface area contributed by atoms with Gasteiger partial charge < -0.3 is 15.0 Å². The Hall–Kier alpha value is -2.41. The number of fused-ring (bicyclic) bond motifs is 3. The topological polar surface area (TPSA) is 72.3 Å². The van der Waals surface area contributed by atoms with E-state index in [1.165, 1.54) is 0 Å². The summed E-state index contributed by atoms with van der Waals surface area (Å²) in [6.45, 7) is 5.77. The molecule has 126 valence electrons. The molecule has 24 heavy (non-hydrogen) atoms. The van der Waals surface area contributed by atoms with Crippen LogP contribution in [0, 0.1) is 13.8 Å². The van der Waals surface area contributed by atoms with Crippen LogP contribution >= 0.6 is 0 Å². The number of carbonyl (C=O) groups excluding carboxylic acids is 1. The van der Waals surface area contributed by atoms with Gasteiger partial charge in [0.2, 0.25) is 0 Å². The first-order valence-electron chi connectivity index (χ1n) is 8.25. The molecule has 1 N–H and O–H groups in total. The van der Waals surface area contributed by atoms with Crippen LogP contribution in [0.5, 0.6) is 0 Å². The van der Waals surface area contributed by atoms with Crippen LogP contribution in [0.3, 0.4) is 0 Å². The normalized spacial score (nSPS) is 22.7. The van der Waals surface area contributed by atoms with Gasteiger partial charge in [-0.2, -0.15) is 0 Å². The Morgan fingerprint density at radius 1 is 1.38 bits per heavy atom. The first kappa shape index (κ1) is 15.1. The van der Waals surface area contributed by atoms with Crippen molar-refractivity contribution >= 4 is 11.7 Å². The monoisotopic (exact) mass is 327 g/mol. The molecule has 2 aliphatic heterocycles. The van der Waals surface area contributed by atoms with Crippen molar-refractivity contribution in [1.82, 2.24) is 19.9 Å². The summed E-state index contributed by atoms with van der Waals surface area (Å²) in [7, 11) is 0. The molecular formula is C17H21N5O2.